The van der Waals surface area contributed by atoms with Crippen molar-refractivity contribution in [3.05, 3.63) is 34.3 Å². The Morgan fingerprint density at radius 2 is 2.36 bits per heavy atom. The lowest BCUT2D eigenvalue weighted by Crippen LogP contribution is -2.44. The van der Waals surface area contributed by atoms with Crippen LogP contribution in [-0.2, 0) is 11.8 Å². The molecule has 2 amide bonds. The van der Waals surface area contributed by atoms with E-state index in [-0.39, 0.29) is 18.2 Å². The highest BCUT2D eigenvalue weighted by atomic mass is 32.1. The van der Waals surface area contributed by atoms with Gasteiger partial charge in [0.05, 0.1) is 17.9 Å². The molecule has 2 aromatic rings. The molecular formula is C15H20N4O2S. The summed E-state index contributed by atoms with van der Waals surface area (Å²) in [7, 11) is 1.88. The zero-order chi connectivity index (χ0) is 15.5. The number of aryl methyl sites for hydroxylation is 2. The molecule has 3 heterocycles. The molecule has 0 spiro atoms. The van der Waals surface area contributed by atoms with Crippen molar-refractivity contribution in [1.82, 2.24) is 15.1 Å². The van der Waals surface area contributed by atoms with Gasteiger partial charge in [-0.15, -0.1) is 11.3 Å². The van der Waals surface area contributed by atoms with E-state index >= 15 is 0 Å². The summed E-state index contributed by atoms with van der Waals surface area (Å²) >= 11 is 1.58. The van der Waals surface area contributed by atoms with Crippen LogP contribution in [0, 0.1) is 6.92 Å². The van der Waals surface area contributed by atoms with Crippen molar-refractivity contribution in [2.24, 2.45) is 7.05 Å². The summed E-state index contributed by atoms with van der Waals surface area (Å²) in [6.45, 7) is 2.69. The molecule has 6 nitrogen and oxygen atoms in total. The molecule has 2 aromatic heterocycles. The van der Waals surface area contributed by atoms with Gasteiger partial charge in [0.15, 0.2) is 0 Å². The van der Waals surface area contributed by atoms with Crippen LogP contribution >= 0.6 is 11.3 Å². The van der Waals surface area contributed by atoms with Crippen molar-refractivity contribution >= 4 is 23.1 Å². The van der Waals surface area contributed by atoms with Gasteiger partial charge in [0.25, 0.3) is 0 Å². The van der Waals surface area contributed by atoms with Crippen LogP contribution < -0.4 is 10.6 Å². The van der Waals surface area contributed by atoms with Gasteiger partial charge in [-0.05, 0) is 30.7 Å². The van der Waals surface area contributed by atoms with E-state index in [2.05, 4.69) is 15.7 Å². The van der Waals surface area contributed by atoms with Crippen molar-refractivity contribution in [3.8, 4) is 0 Å². The van der Waals surface area contributed by atoms with Gasteiger partial charge in [0.1, 0.15) is 6.10 Å². The minimum atomic E-state index is -0.189. The number of hydrogen-bond acceptors (Lipinski definition) is 4. The first-order valence-corrected chi connectivity index (χ1v) is 8.28. The summed E-state index contributed by atoms with van der Waals surface area (Å²) in [5, 5.41) is 14.1. The number of thiophene rings is 1. The molecule has 3 rings (SSSR count). The van der Waals surface area contributed by atoms with E-state index in [0.717, 1.165) is 29.7 Å². The molecule has 1 aliphatic heterocycles. The van der Waals surface area contributed by atoms with Crippen LogP contribution in [0.4, 0.5) is 10.5 Å². The van der Waals surface area contributed by atoms with Crippen molar-refractivity contribution in [2.75, 3.05) is 11.9 Å². The Hall–Kier alpha value is -1.86. The third-order valence-corrected chi connectivity index (χ3v) is 4.66. The largest absolute Gasteiger partial charge is 0.371 e. The number of anilines is 1. The molecule has 1 aliphatic rings. The molecule has 2 N–H and O–H groups in total. The second kappa shape index (κ2) is 6.50. The van der Waals surface area contributed by atoms with Gasteiger partial charge in [-0.3, -0.25) is 4.68 Å². The first-order valence-electron chi connectivity index (χ1n) is 7.34. The Labute approximate surface area is 133 Å². The number of carbonyl (C=O) groups excluding carboxylic acids is 1. The summed E-state index contributed by atoms with van der Waals surface area (Å²) in [6.07, 6.45) is 5.43. The standard InChI is InChI=1S/C15H20N4O2S/c1-10-8-22-9-13(10)18-15(20)17-12-4-3-5-21-14(12)11-6-16-19(2)7-11/h6-9,12,14H,3-5H2,1-2H3,(H2,17,18,20)/t12-,14+/m0/s1. The molecule has 0 bridgehead atoms. The number of nitrogens with one attached hydrogen (secondary N) is 2. The minimum Gasteiger partial charge on any atom is -0.371 e. The first-order chi connectivity index (χ1) is 10.6. The van der Waals surface area contributed by atoms with Gasteiger partial charge in [0.2, 0.25) is 0 Å². The lowest BCUT2D eigenvalue weighted by atomic mass is 9.98. The van der Waals surface area contributed by atoms with E-state index in [1.54, 1.807) is 22.2 Å². The Bertz CT molecular complexity index is 652. The van der Waals surface area contributed by atoms with E-state index in [0.29, 0.717) is 6.61 Å². The third kappa shape index (κ3) is 3.31. The van der Waals surface area contributed by atoms with Gasteiger partial charge in [0, 0.05) is 30.8 Å². The smallest absolute Gasteiger partial charge is 0.319 e. The number of amides is 2. The van der Waals surface area contributed by atoms with Gasteiger partial charge >= 0.3 is 6.03 Å². The second-order valence-corrected chi connectivity index (χ2v) is 6.30. The summed E-state index contributed by atoms with van der Waals surface area (Å²) < 4.78 is 7.61. The van der Waals surface area contributed by atoms with Gasteiger partial charge < -0.3 is 15.4 Å². The zero-order valence-corrected chi connectivity index (χ0v) is 13.5. The van der Waals surface area contributed by atoms with E-state index in [1.807, 2.05) is 30.9 Å². The van der Waals surface area contributed by atoms with E-state index < -0.39 is 0 Å². The monoisotopic (exact) mass is 320 g/mol. The fraction of sp³-hybridized carbons (Fsp3) is 0.467. The molecule has 0 aliphatic carbocycles. The Morgan fingerprint density at radius 1 is 1.50 bits per heavy atom. The molecule has 1 fully saturated rings. The Kier molecular flexibility index (Phi) is 4.44. The molecule has 2 atom stereocenters. The van der Waals surface area contributed by atoms with Crippen LogP contribution in [0.1, 0.15) is 30.1 Å². The third-order valence-electron chi connectivity index (χ3n) is 3.80. The lowest BCUT2D eigenvalue weighted by Gasteiger charge is -2.31. The topological polar surface area (TPSA) is 68.2 Å². The van der Waals surface area contributed by atoms with Crippen molar-refractivity contribution in [2.45, 2.75) is 31.9 Å². The molecule has 0 aromatic carbocycles. The number of rotatable bonds is 3. The summed E-state index contributed by atoms with van der Waals surface area (Å²) in [6, 6.07) is -0.234. The average Bonchev–Trinajstić information content (AvgIpc) is 3.09. The molecule has 0 saturated carbocycles. The van der Waals surface area contributed by atoms with Crippen LogP contribution in [0.3, 0.4) is 0 Å². The highest BCUT2D eigenvalue weighted by Crippen LogP contribution is 2.28. The van der Waals surface area contributed by atoms with E-state index in [9.17, 15) is 4.79 Å². The van der Waals surface area contributed by atoms with Crippen molar-refractivity contribution < 1.29 is 9.53 Å². The Morgan fingerprint density at radius 3 is 3.05 bits per heavy atom. The van der Waals surface area contributed by atoms with Crippen LogP contribution in [0.15, 0.2) is 23.2 Å². The van der Waals surface area contributed by atoms with Crippen molar-refractivity contribution in [3.63, 3.8) is 0 Å². The number of hydrogen-bond donors (Lipinski definition) is 2. The average molecular weight is 320 g/mol. The van der Waals surface area contributed by atoms with E-state index in [1.165, 1.54) is 0 Å². The fourth-order valence-corrected chi connectivity index (χ4v) is 3.44. The maximum Gasteiger partial charge on any atom is 0.319 e. The molecular weight excluding hydrogens is 300 g/mol. The van der Waals surface area contributed by atoms with Crippen LogP contribution in [0.5, 0.6) is 0 Å². The first kappa shape index (κ1) is 15.1. The number of ether oxygens (including phenoxy) is 1. The normalized spacial score (nSPS) is 21.5. The summed E-state index contributed by atoms with van der Waals surface area (Å²) in [5.41, 5.74) is 2.93. The predicted octanol–water partition coefficient (Wildman–Crippen LogP) is 2.83. The minimum absolute atomic E-state index is 0.0445. The highest BCUT2D eigenvalue weighted by Gasteiger charge is 2.29. The lowest BCUT2D eigenvalue weighted by molar-refractivity contribution is -0.00700. The van der Waals surface area contributed by atoms with Gasteiger partial charge in [-0.25, -0.2) is 4.79 Å². The Balaban J connectivity index is 1.66. The summed E-state index contributed by atoms with van der Waals surface area (Å²) in [4.78, 5) is 12.2. The number of urea groups is 1. The molecule has 118 valence electrons. The second-order valence-electron chi connectivity index (χ2n) is 5.55. The quantitative estimate of drug-likeness (QED) is 0.914. The molecule has 22 heavy (non-hydrogen) atoms. The van der Waals surface area contributed by atoms with Gasteiger partial charge in [-0.2, -0.15) is 5.10 Å². The fourth-order valence-electron chi connectivity index (χ4n) is 2.66. The maximum absolute atomic E-state index is 12.2. The predicted molar refractivity (Wildman–Crippen MR) is 86.1 cm³/mol. The van der Waals surface area contributed by atoms with Gasteiger partial charge in [-0.1, -0.05) is 0 Å². The molecule has 0 radical (unpaired) electrons. The van der Waals surface area contributed by atoms with Crippen LogP contribution in [-0.4, -0.2) is 28.5 Å². The van der Waals surface area contributed by atoms with E-state index in [4.69, 9.17) is 4.74 Å². The number of nitrogens with zero attached hydrogens (tertiary/aromatic N) is 2. The molecule has 7 heteroatoms. The number of carbonyl (C=O) groups is 1. The SMILES string of the molecule is Cc1cscc1NC(=O)N[C@H]1CCCO[C@@H]1c1cnn(C)c1. The molecule has 0 unspecified atom stereocenters. The summed E-state index contributed by atoms with van der Waals surface area (Å²) in [5.74, 6) is 0. The van der Waals surface area contributed by atoms with Crippen LogP contribution in [0.2, 0.25) is 0 Å². The highest BCUT2D eigenvalue weighted by molar-refractivity contribution is 7.08. The maximum atomic E-state index is 12.2. The molecule has 1 saturated heterocycles. The van der Waals surface area contributed by atoms with Crippen LogP contribution in [0.25, 0.3) is 0 Å². The number of aromatic nitrogens is 2. The zero-order valence-electron chi connectivity index (χ0n) is 12.7. The van der Waals surface area contributed by atoms with Crippen molar-refractivity contribution in [1.29, 1.82) is 0 Å².